The zero-order chi connectivity index (χ0) is 19.3. The van der Waals surface area contributed by atoms with Gasteiger partial charge in [0.1, 0.15) is 5.82 Å². The molecule has 2 aromatic heterocycles. The molecule has 1 aromatic carbocycles. The Morgan fingerprint density at radius 2 is 1.93 bits per heavy atom. The van der Waals surface area contributed by atoms with Gasteiger partial charge in [0.2, 0.25) is 5.91 Å². The second kappa shape index (κ2) is 8.27. The summed E-state index contributed by atoms with van der Waals surface area (Å²) in [5, 5.41) is 2.99. The summed E-state index contributed by atoms with van der Waals surface area (Å²) in [6.07, 6.45) is 6.18. The van der Waals surface area contributed by atoms with Gasteiger partial charge in [0.25, 0.3) is 0 Å². The number of nitrogens with one attached hydrogen (secondary N) is 1. The maximum Gasteiger partial charge on any atom is 0.225 e. The molecule has 1 aliphatic heterocycles. The van der Waals surface area contributed by atoms with Crippen LogP contribution in [0.15, 0.2) is 55.0 Å². The second-order valence-corrected chi connectivity index (χ2v) is 6.89. The third-order valence-electron chi connectivity index (χ3n) is 4.90. The monoisotopic (exact) mass is 374 g/mol. The van der Waals surface area contributed by atoms with E-state index in [1.54, 1.807) is 12.4 Å². The van der Waals surface area contributed by atoms with E-state index < -0.39 is 0 Å². The standard InChI is InChI=1S/C22H22N4O2/c1-15-24-13-20(17-6-9-23-10-7-17)21(26-15)18-4-2-16(3-5-18)12-25-22(27)19-8-11-28-14-19/h2-7,9-10,13,19H,8,11-12,14H2,1H3,(H,25,27)/t19-/m0/s1. The van der Waals surface area contributed by atoms with E-state index in [4.69, 9.17) is 4.74 Å². The molecule has 0 aliphatic carbocycles. The zero-order valence-corrected chi connectivity index (χ0v) is 15.8. The van der Waals surface area contributed by atoms with Crippen LogP contribution in [-0.2, 0) is 16.1 Å². The summed E-state index contributed by atoms with van der Waals surface area (Å²) in [6, 6.07) is 12.0. The van der Waals surface area contributed by atoms with Gasteiger partial charge in [-0.3, -0.25) is 9.78 Å². The number of rotatable bonds is 5. The molecule has 6 heteroatoms. The van der Waals surface area contributed by atoms with Gasteiger partial charge >= 0.3 is 0 Å². The fourth-order valence-corrected chi connectivity index (χ4v) is 3.29. The van der Waals surface area contributed by atoms with Crippen LogP contribution >= 0.6 is 0 Å². The maximum atomic E-state index is 12.1. The highest BCUT2D eigenvalue weighted by Crippen LogP contribution is 2.29. The van der Waals surface area contributed by atoms with Gasteiger partial charge < -0.3 is 10.1 Å². The van der Waals surface area contributed by atoms with Crippen LogP contribution in [-0.4, -0.2) is 34.1 Å². The predicted octanol–water partition coefficient (Wildman–Crippen LogP) is 3.17. The van der Waals surface area contributed by atoms with E-state index in [1.807, 2.05) is 49.5 Å². The smallest absolute Gasteiger partial charge is 0.225 e. The molecule has 0 unspecified atom stereocenters. The van der Waals surface area contributed by atoms with Crippen molar-refractivity contribution in [3.05, 3.63) is 66.4 Å². The van der Waals surface area contributed by atoms with E-state index in [1.165, 1.54) is 0 Å². The molecule has 0 spiro atoms. The third-order valence-corrected chi connectivity index (χ3v) is 4.90. The number of pyridine rings is 1. The summed E-state index contributed by atoms with van der Waals surface area (Å²) >= 11 is 0. The number of aromatic nitrogens is 3. The molecule has 1 fully saturated rings. The third kappa shape index (κ3) is 4.07. The number of carbonyl (C=O) groups is 1. The number of aryl methyl sites for hydroxylation is 1. The number of hydrogen-bond donors (Lipinski definition) is 1. The first-order chi connectivity index (χ1) is 13.7. The van der Waals surface area contributed by atoms with Gasteiger partial charge in [-0.15, -0.1) is 0 Å². The lowest BCUT2D eigenvalue weighted by molar-refractivity contribution is -0.125. The number of nitrogens with zero attached hydrogens (tertiary/aromatic N) is 3. The van der Waals surface area contributed by atoms with Crippen molar-refractivity contribution in [3.8, 4) is 22.4 Å². The quantitative estimate of drug-likeness (QED) is 0.742. The predicted molar refractivity (Wildman–Crippen MR) is 106 cm³/mol. The van der Waals surface area contributed by atoms with E-state index >= 15 is 0 Å². The molecule has 0 saturated carbocycles. The largest absolute Gasteiger partial charge is 0.381 e. The molecule has 1 amide bonds. The summed E-state index contributed by atoms with van der Waals surface area (Å²) in [5.41, 5.74) is 4.94. The molecule has 6 nitrogen and oxygen atoms in total. The van der Waals surface area contributed by atoms with Crippen molar-refractivity contribution in [2.75, 3.05) is 13.2 Å². The minimum Gasteiger partial charge on any atom is -0.381 e. The first-order valence-corrected chi connectivity index (χ1v) is 9.39. The Balaban J connectivity index is 1.52. The molecule has 4 rings (SSSR count). The van der Waals surface area contributed by atoms with Gasteiger partial charge in [-0.1, -0.05) is 24.3 Å². The van der Waals surface area contributed by atoms with Crippen LogP contribution < -0.4 is 5.32 Å². The topological polar surface area (TPSA) is 77.0 Å². The molecule has 1 N–H and O–H groups in total. The Morgan fingerprint density at radius 3 is 2.64 bits per heavy atom. The Kier molecular flexibility index (Phi) is 5.39. The van der Waals surface area contributed by atoms with Crippen LogP contribution in [0.5, 0.6) is 0 Å². The average molecular weight is 374 g/mol. The molecule has 1 atom stereocenters. The minimum absolute atomic E-state index is 0.0220. The first-order valence-electron chi connectivity index (χ1n) is 9.39. The van der Waals surface area contributed by atoms with Gasteiger partial charge in [-0.2, -0.15) is 0 Å². The van der Waals surface area contributed by atoms with Crippen LogP contribution in [0, 0.1) is 12.8 Å². The highest BCUT2D eigenvalue weighted by Gasteiger charge is 2.23. The van der Waals surface area contributed by atoms with E-state index in [0.717, 1.165) is 40.2 Å². The van der Waals surface area contributed by atoms with Crippen LogP contribution in [0.3, 0.4) is 0 Å². The molecular formula is C22H22N4O2. The average Bonchev–Trinajstić information content (AvgIpc) is 3.28. The normalized spacial score (nSPS) is 16.1. The SMILES string of the molecule is Cc1ncc(-c2ccncc2)c(-c2ccc(CNC(=O)[C@H]3CCOC3)cc2)n1. The second-order valence-electron chi connectivity index (χ2n) is 6.89. The van der Waals surface area contributed by atoms with Gasteiger partial charge in [0.15, 0.2) is 0 Å². The zero-order valence-electron chi connectivity index (χ0n) is 15.8. The lowest BCUT2D eigenvalue weighted by Crippen LogP contribution is -2.30. The van der Waals surface area contributed by atoms with Gasteiger partial charge in [0.05, 0.1) is 18.2 Å². The van der Waals surface area contributed by atoms with Crippen molar-refractivity contribution in [2.45, 2.75) is 19.9 Å². The molecular weight excluding hydrogens is 352 g/mol. The molecule has 0 bridgehead atoms. The summed E-state index contributed by atoms with van der Waals surface area (Å²) in [6.45, 7) is 3.59. The molecule has 3 heterocycles. The maximum absolute atomic E-state index is 12.1. The van der Waals surface area contributed by atoms with Crippen LogP contribution in [0.2, 0.25) is 0 Å². The Labute approximate surface area is 164 Å². The highest BCUT2D eigenvalue weighted by molar-refractivity contribution is 5.80. The summed E-state index contributed by atoms with van der Waals surface area (Å²) in [4.78, 5) is 25.2. The fourth-order valence-electron chi connectivity index (χ4n) is 3.29. The Hall–Kier alpha value is -3.12. The van der Waals surface area contributed by atoms with Crippen molar-refractivity contribution in [1.29, 1.82) is 0 Å². The first kappa shape index (κ1) is 18.3. The van der Waals surface area contributed by atoms with Crippen molar-refractivity contribution < 1.29 is 9.53 Å². The van der Waals surface area contributed by atoms with E-state index in [-0.39, 0.29) is 11.8 Å². The minimum atomic E-state index is -0.0220. The van der Waals surface area contributed by atoms with E-state index in [0.29, 0.717) is 19.8 Å². The molecule has 0 radical (unpaired) electrons. The fraction of sp³-hybridized carbons (Fsp3) is 0.273. The van der Waals surface area contributed by atoms with Crippen LogP contribution in [0.1, 0.15) is 17.8 Å². The van der Waals surface area contributed by atoms with Gasteiger partial charge in [-0.05, 0) is 36.6 Å². The summed E-state index contributed by atoms with van der Waals surface area (Å²) < 4.78 is 5.28. The van der Waals surface area contributed by atoms with Crippen LogP contribution in [0.4, 0.5) is 0 Å². The number of benzene rings is 1. The lowest BCUT2D eigenvalue weighted by atomic mass is 10.0. The molecule has 142 valence electrons. The molecule has 1 saturated heterocycles. The van der Waals surface area contributed by atoms with Gasteiger partial charge in [-0.25, -0.2) is 9.97 Å². The number of amides is 1. The van der Waals surface area contributed by atoms with Crippen LogP contribution in [0.25, 0.3) is 22.4 Å². The van der Waals surface area contributed by atoms with Gasteiger partial charge in [0, 0.05) is 42.9 Å². The molecule has 3 aromatic rings. The van der Waals surface area contributed by atoms with Crippen molar-refractivity contribution >= 4 is 5.91 Å². The lowest BCUT2D eigenvalue weighted by Gasteiger charge is -2.12. The summed E-state index contributed by atoms with van der Waals surface area (Å²) in [7, 11) is 0. The highest BCUT2D eigenvalue weighted by atomic mass is 16.5. The van der Waals surface area contributed by atoms with E-state index in [2.05, 4.69) is 20.3 Å². The van der Waals surface area contributed by atoms with Crippen molar-refractivity contribution in [3.63, 3.8) is 0 Å². The Bertz CT molecular complexity index is 952. The van der Waals surface area contributed by atoms with Crippen molar-refractivity contribution in [2.24, 2.45) is 5.92 Å². The number of carbonyl (C=O) groups excluding carboxylic acids is 1. The van der Waals surface area contributed by atoms with E-state index in [9.17, 15) is 4.79 Å². The number of ether oxygens (including phenoxy) is 1. The molecule has 28 heavy (non-hydrogen) atoms. The number of hydrogen-bond acceptors (Lipinski definition) is 5. The molecule has 1 aliphatic rings. The Morgan fingerprint density at radius 1 is 1.14 bits per heavy atom. The summed E-state index contributed by atoms with van der Waals surface area (Å²) in [5.74, 6) is 0.766. The van der Waals surface area contributed by atoms with Crippen molar-refractivity contribution in [1.82, 2.24) is 20.3 Å².